The van der Waals surface area contributed by atoms with E-state index in [4.69, 9.17) is 4.74 Å². The fourth-order valence-electron chi connectivity index (χ4n) is 2.35. The maximum atomic E-state index is 13.9. The van der Waals surface area contributed by atoms with Crippen LogP contribution in [-0.2, 0) is 0 Å². The molecular formula is C17H18F2O2. The number of aryl methyl sites for hydroxylation is 2. The topological polar surface area (TPSA) is 29.5 Å². The molecule has 0 radical (unpaired) electrons. The highest BCUT2D eigenvalue weighted by Crippen LogP contribution is 2.35. The third kappa shape index (κ3) is 2.76. The zero-order valence-electron chi connectivity index (χ0n) is 12.5. The molecule has 1 N–H and O–H groups in total. The molecule has 0 aliphatic rings. The smallest absolute Gasteiger partial charge is 0.132 e. The van der Waals surface area contributed by atoms with Crippen LogP contribution in [0, 0.1) is 32.4 Å². The van der Waals surface area contributed by atoms with Crippen molar-refractivity contribution in [3.8, 4) is 5.75 Å². The summed E-state index contributed by atoms with van der Waals surface area (Å²) >= 11 is 0. The molecule has 0 amide bonds. The normalized spacial score (nSPS) is 12.3. The fourth-order valence-corrected chi connectivity index (χ4v) is 2.35. The first-order valence-corrected chi connectivity index (χ1v) is 6.64. The average Bonchev–Trinajstić information content (AvgIpc) is 2.45. The van der Waals surface area contributed by atoms with Crippen LogP contribution in [0.5, 0.6) is 5.75 Å². The Labute approximate surface area is 123 Å². The highest BCUT2D eigenvalue weighted by Gasteiger charge is 2.21. The van der Waals surface area contributed by atoms with Crippen LogP contribution in [0.1, 0.15) is 33.9 Å². The Kier molecular flexibility index (Phi) is 4.28. The van der Waals surface area contributed by atoms with Gasteiger partial charge >= 0.3 is 0 Å². The summed E-state index contributed by atoms with van der Waals surface area (Å²) in [5.41, 5.74) is 2.68. The maximum absolute atomic E-state index is 13.9. The van der Waals surface area contributed by atoms with Crippen molar-refractivity contribution in [1.82, 2.24) is 0 Å². The number of aliphatic hydroxyl groups excluding tert-OH is 1. The first kappa shape index (κ1) is 15.4. The van der Waals surface area contributed by atoms with Crippen LogP contribution in [0.15, 0.2) is 24.3 Å². The van der Waals surface area contributed by atoms with Crippen molar-refractivity contribution in [2.45, 2.75) is 26.9 Å². The number of hydrogen-bond donors (Lipinski definition) is 1. The van der Waals surface area contributed by atoms with Crippen molar-refractivity contribution in [1.29, 1.82) is 0 Å². The molecule has 4 heteroatoms. The van der Waals surface area contributed by atoms with Gasteiger partial charge in [-0.25, -0.2) is 8.78 Å². The molecule has 0 saturated heterocycles. The molecule has 0 fully saturated rings. The zero-order chi connectivity index (χ0) is 15.7. The van der Waals surface area contributed by atoms with Crippen LogP contribution in [0.3, 0.4) is 0 Å². The van der Waals surface area contributed by atoms with E-state index in [9.17, 15) is 13.9 Å². The largest absolute Gasteiger partial charge is 0.496 e. The van der Waals surface area contributed by atoms with Crippen molar-refractivity contribution in [3.05, 3.63) is 63.7 Å². The summed E-state index contributed by atoms with van der Waals surface area (Å²) in [5, 5.41) is 10.5. The standard InChI is InChI=1S/C17H18F2O2/c1-9-5-6-12(17(21-4)11(9)3)16(20)13-7-10(2)14(18)8-15(13)19/h5-8,16,20H,1-4H3. The van der Waals surface area contributed by atoms with Gasteiger partial charge in [0.05, 0.1) is 7.11 Å². The van der Waals surface area contributed by atoms with Gasteiger partial charge in [-0.05, 0) is 43.5 Å². The van der Waals surface area contributed by atoms with Crippen molar-refractivity contribution in [3.63, 3.8) is 0 Å². The Morgan fingerprint density at radius 2 is 1.62 bits per heavy atom. The lowest BCUT2D eigenvalue weighted by Gasteiger charge is -2.19. The van der Waals surface area contributed by atoms with Crippen LogP contribution < -0.4 is 4.74 Å². The third-order valence-electron chi connectivity index (χ3n) is 3.78. The summed E-state index contributed by atoms with van der Waals surface area (Å²) in [7, 11) is 1.50. The number of rotatable bonds is 3. The predicted octanol–water partition coefficient (Wildman–Crippen LogP) is 3.98. The number of aliphatic hydroxyl groups is 1. The minimum Gasteiger partial charge on any atom is -0.496 e. The second-order valence-corrected chi connectivity index (χ2v) is 5.16. The Hall–Kier alpha value is -1.94. The summed E-state index contributed by atoms with van der Waals surface area (Å²) in [6, 6.07) is 5.65. The summed E-state index contributed by atoms with van der Waals surface area (Å²) in [4.78, 5) is 0. The van der Waals surface area contributed by atoms with Crippen molar-refractivity contribution < 1.29 is 18.6 Å². The van der Waals surface area contributed by atoms with Crippen LogP contribution in [0.25, 0.3) is 0 Å². The summed E-state index contributed by atoms with van der Waals surface area (Å²) in [6.07, 6.45) is -1.21. The van der Waals surface area contributed by atoms with E-state index >= 15 is 0 Å². The third-order valence-corrected chi connectivity index (χ3v) is 3.78. The molecule has 0 bridgehead atoms. The minimum atomic E-state index is -1.21. The Morgan fingerprint density at radius 3 is 2.24 bits per heavy atom. The molecule has 21 heavy (non-hydrogen) atoms. The van der Waals surface area contributed by atoms with E-state index in [-0.39, 0.29) is 11.1 Å². The molecule has 1 unspecified atom stereocenters. The van der Waals surface area contributed by atoms with Gasteiger partial charge in [-0.1, -0.05) is 12.1 Å². The van der Waals surface area contributed by atoms with Crippen molar-refractivity contribution in [2.24, 2.45) is 0 Å². The molecule has 2 rings (SSSR count). The number of hydrogen-bond acceptors (Lipinski definition) is 2. The highest BCUT2D eigenvalue weighted by molar-refractivity contribution is 5.49. The van der Waals surface area contributed by atoms with Gasteiger partial charge in [0.25, 0.3) is 0 Å². The maximum Gasteiger partial charge on any atom is 0.132 e. The number of methoxy groups -OCH3 is 1. The van der Waals surface area contributed by atoms with E-state index in [1.807, 2.05) is 19.9 Å². The van der Waals surface area contributed by atoms with E-state index in [1.54, 1.807) is 6.07 Å². The summed E-state index contributed by atoms with van der Waals surface area (Å²) < 4.78 is 32.6. The molecule has 2 nitrogen and oxygen atoms in total. The zero-order valence-corrected chi connectivity index (χ0v) is 12.5. The van der Waals surface area contributed by atoms with Crippen molar-refractivity contribution >= 4 is 0 Å². The molecule has 1 atom stereocenters. The molecule has 0 aromatic heterocycles. The molecule has 0 saturated carbocycles. The Balaban J connectivity index is 2.57. The van der Waals surface area contributed by atoms with Crippen LogP contribution >= 0.6 is 0 Å². The first-order valence-electron chi connectivity index (χ1n) is 6.64. The molecule has 2 aromatic carbocycles. The van der Waals surface area contributed by atoms with Gasteiger partial charge < -0.3 is 9.84 Å². The van der Waals surface area contributed by atoms with Gasteiger partial charge in [-0.3, -0.25) is 0 Å². The highest BCUT2D eigenvalue weighted by atomic mass is 19.1. The van der Waals surface area contributed by atoms with Gasteiger partial charge in [-0.15, -0.1) is 0 Å². The van der Waals surface area contributed by atoms with Crippen molar-refractivity contribution in [2.75, 3.05) is 7.11 Å². The molecular weight excluding hydrogens is 274 g/mol. The van der Waals surface area contributed by atoms with E-state index in [0.29, 0.717) is 11.3 Å². The number of benzene rings is 2. The van der Waals surface area contributed by atoms with Crippen LogP contribution in [-0.4, -0.2) is 12.2 Å². The SMILES string of the molecule is COc1c(C(O)c2cc(C)c(F)cc2F)ccc(C)c1C. The first-order chi connectivity index (χ1) is 9.86. The lowest BCUT2D eigenvalue weighted by atomic mass is 9.95. The lowest BCUT2D eigenvalue weighted by Crippen LogP contribution is -2.07. The Morgan fingerprint density at radius 1 is 0.952 bits per heavy atom. The van der Waals surface area contributed by atoms with Crippen LogP contribution in [0.4, 0.5) is 8.78 Å². The second kappa shape index (κ2) is 5.82. The van der Waals surface area contributed by atoms with Gasteiger partial charge in [0.1, 0.15) is 23.5 Å². The van der Waals surface area contributed by atoms with Gasteiger partial charge in [0, 0.05) is 17.2 Å². The van der Waals surface area contributed by atoms with Gasteiger partial charge in [-0.2, -0.15) is 0 Å². The number of ether oxygens (including phenoxy) is 1. The quantitative estimate of drug-likeness (QED) is 0.927. The van der Waals surface area contributed by atoms with E-state index in [0.717, 1.165) is 17.2 Å². The molecule has 0 aliphatic carbocycles. The molecule has 112 valence electrons. The van der Waals surface area contributed by atoms with E-state index in [1.165, 1.54) is 20.1 Å². The average molecular weight is 292 g/mol. The minimum absolute atomic E-state index is 0.0375. The monoisotopic (exact) mass is 292 g/mol. The Bertz CT molecular complexity index is 681. The molecule has 0 spiro atoms. The molecule has 2 aromatic rings. The second-order valence-electron chi connectivity index (χ2n) is 5.16. The van der Waals surface area contributed by atoms with Gasteiger partial charge in [0.15, 0.2) is 0 Å². The number of halogens is 2. The summed E-state index contributed by atoms with van der Waals surface area (Å²) in [5.74, 6) is -0.884. The fraction of sp³-hybridized carbons (Fsp3) is 0.294. The predicted molar refractivity (Wildman–Crippen MR) is 77.6 cm³/mol. The van der Waals surface area contributed by atoms with Gasteiger partial charge in [0.2, 0.25) is 0 Å². The van der Waals surface area contributed by atoms with Crippen LogP contribution in [0.2, 0.25) is 0 Å². The summed E-state index contributed by atoms with van der Waals surface area (Å²) in [6.45, 7) is 5.33. The van der Waals surface area contributed by atoms with E-state index < -0.39 is 17.7 Å². The molecule has 0 heterocycles. The molecule has 0 aliphatic heterocycles. The van der Waals surface area contributed by atoms with E-state index in [2.05, 4.69) is 0 Å². The lowest BCUT2D eigenvalue weighted by molar-refractivity contribution is 0.209.